The molecule has 0 aromatic carbocycles. The van der Waals surface area contributed by atoms with Crippen LogP contribution in [-0.2, 0) is 11.3 Å². The summed E-state index contributed by atoms with van der Waals surface area (Å²) in [6.45, 7) is -0.902. The quantitative estimate of drug-likeness (QED) is 0.819. The normalized spacial score (nSPS) is 12.7. The molecule has 23 heavy (non-hydrogen) atoms. The highest BCUT2D eigenvalue weighted by Gasteiger charge is 2.21. The van der Waals surface area contributed by atoms with E-state index in [4.69, 9.17) is 11.6 Å². The minimum Gasteiger partial charge on any atom is -0.322 e. The lowest BCUT2D eigenvalue weighted by atomic mass is 10.2. The summed E-state index contributed by atoms with van der Waals surface area (Å²) in [6.07, 6.45) is 4.02. The zero-order chi connectivity index (χ0) is 17.0. The molecule has 0 bridgehead atoms. The number of rotatable bonds is 6. The summed E-state index contributed by atoms with van der Waals surface area (Å²) >= 11 is 5.89. The smallest absolute Gasteiger partial charge is 0.319 e. The molecule has 0 aliphatic heterocycles. The van der Waals surface area contributed by atoms with Gasteiger partial charge in [-0.1, -0.05) is 11.6 Å². The van der Waals surface area contributed by atoms with Gasteiger partial charge in [-0.25, -0.2) is 9.97 Å². The number of pyridine rings is 1. The van der Waals surface area contributed by atoms with Crippen LogP contribution in [0.15, 0.2) is 30.7 Å². The molecule has 0 spiro atoms. The fraction of sp³-hybridized carbons (Fsp3) is 0.357. The van der Waals surface area contributed by atoms with Crippen molar-refractivity contribution in [2.45, 2.75) is 26.1 Å². The Balaban J connectivity index is 2.01. The van der Waals surface area contributed by atoms with Gasteiger partial charge in [0, 0.05) is 18.6 Å². The molecule has 0 aliphatic carbocycles. The second kappa shape index (κ2) is 7.47. The summed E-state index contributed by atoms with van der Waals surface area (Å²) in [4.78, 5) is 21.6. The van der Waals surface area contributed by atoms with Crippen LogP contribution < -0.4 is 5.32 Å². The van der Waals surface area contributed by atoms with Gasteiger partial charge in [0.1, 0.15) is 5.82 Å². The van der Waals surface area contributed by atoms with Gasteiger partial charge in [0.05, 0.1) is 18.3 Å². The summed E-state index contributed by atoms with van der Waals surface area (Å²) in [5.41, 5.74) is 0.397. The van der Waals surface area contributed by atoms with Crippen molar-refractivity contribution in [3.63, 3.8) is 0 Å². The van der Waals surface area contributed by atoms with E-state index < -0.39 is 12.6 Å². The Morgan fingerprint density at radius 3 is 2.83 bits per heavy atom. The second-order valence-corrected chi connectivity index (χ2v) is 5.31. The molecule has 0 radical (unpaired) electrons. The standard InChI is InChI=1S/C14H16ClF2N5O/c1-9(13(23)20-10-4-3-5-19-12(10)15)21(2)8-11-18-6-7-22(11)14(16)17/h3-7,9,14H,8H2,1-2H3,(H,20,23). The van der Waals surface area contributed by atoms with E-state index in [9.17, 15) is 13.6 Å². The molecule has 6 nitrogen and oxygen atoms in total. The Bertz CT molecular complexity index is 679. The van der Waals surface area contributed by atoms with Crippen molar-refractivity contribution in [3.8, 4) is 0 Å². The van der Waals surface area contributed by atoms with E-state index in [1.807, 2.05) is 0 Å². The zero-order valence-corrected chi connectivity index (χ0v) is 13.3. The SMILES string of the molecule is CC(C(=O)Nc1cccnc1Cl)N(C)Cc1nccn1C(F)F. The molecule has 2 aromatic rings. The van der Waals surface area contributed by atoms with Crippen molar-refractivity contribution >= 4 is 23.2 Å². The Kier molecular flexibility index (Phi) is 5.62. The van der Waals surface area contributed by atoms with Crippen molar-refractivity contribution in [1.82, 2.24) is 19.4 Å². The molecule has 0 saturated carbocycles. The molecule has 0 fully saturated rings. The van der Waals surface area contributed by atoms with Crippen LogP contribution in [0.5, 0.6) is 0 Å². The first-order valence-corrected chi connectivity index (χ1v) is 7.19. The fourth-order valence-electron chi connectivity index (χ4n) is 1.92. The number of anilines is 1. The summed E-state index contributed by atoms with van der Waals surface area (Å²) in [7, 11) is 1.65. The van der Waals surface area contributed by atoms with Crippen LogP contribution in [0.1, 0.15) is 19.3 Å². The van der Waals surface area contributed by atoms with Gasteiger partial charge < -0.3 is 5.32 Å². The number of carbonyl (C=O) groups is 1. The lowest BCUT2D eigenvalue weighted by molar-refractivity contribution is -0.120. The zero-order valence-electron chi connectivity index (χ0n) is 12.6. The third kappa shape index (κ3) is 4.23. The second-order valence-electron chi connectivity index (χ2n) is 4.95. The van der Waals surface area contributed by atoms with E-state index in [1.165, 1.54) is 18.6 Å². The lowest BCUT2D eigenvalue weighted by Gasteiger charge is -2.23. The van der Waals surface area contributed by atoms with Gasteiger partial charge in [0.15, 0.2) is 5.15 Å². The molecule has 1 amide bonds. The maximum atomic E-state index is 12.8. The highest BCUT2D eigenvalue weighted by atomic mass is 35.5. The molecule has 2 heterocycles. The van der Waals surface area contributed by atoms with E-state index >= 15 is 0 Å². The summed E-state index contributed by atoms with van der Waals surface area (Å²) in [5.74, 6) is -0.140. The number of imidazole rings is 1. The average molecular weight is 344 g/mol. The van der Waals surface area contributed by atoms with E-state index in [0.29, 0.717) is 5.69 Å². The molecule has 0 aliphatic rings. The molecule has 1 unspecified atom stereocenters. The number of alkyl halides is 2. The summed E-state index contributed by atoms with van der Waals surface area (Å²) in [6, 6.07) is 2.70. The third-order valence-corrected chi connectivity index (χ3v) is 3.71. The van der Waals surface area contributed by atoms with Crippen molar-refractivity contribution in [2.24, 2.45) is 0 Å². The van der Waals surface area contributed by atoms with Gasteiger partial charge in [0.25, 0.3) is 0 Å². The van der Waals surface area contributed by atoms with E-state index in [0.717, 1.165) is 4.57 Å². The summed E-state index contributed by atoms with van der Waals surface area (Å²) < 4.78 is 26.4. The minimum absolute atomic E-state index is 0.104. The number of nitrogens with one attached hydrogen (secondary N) is 1. The van der Waals surface area contributed by atoms with Crippen LogP contribution in [0.2, 0.25) is 5.15 Å². The largest absolute Gasteiger partial charge is 0.322 e. The van der Waals surface area contributed by atoms with Crippen LogP contribution in [0.25, 0.3) is 0 Å². The van der Waals surface area contributed by atoms with Gasteiger partial charge in [-0.05, 0) is 26.1 Å². The molecule has 1 atom stereocenters. The topological polar surface area (TPSA) is 63.1 Å². The molecule has 0 saturated heterocycles. The van der Waals surface area contributed by atoms with Crippen molar-refractivity contribution in [2.75, 3.05) is 12.4 Å². The minimum atomic E-state index is -2.67. The first-order valence-electron chi connectivity index (χ1n) is 6.81. The fourth-order valence-corrected chi connectivity index (χ4v) is 2.09. The van der Waals surface area contributed by atoms with E-state index in [1.54, 1.807) is 31.0 Å². The molecule has 1 N–H and O–H groups in total. The molecular weight excluding hydrogens is 328 g/mol. The number of hydrogen-bond donors (Lipinski definition) is 1. The number of halogens is 3. The Labute approximate surface area is 137 Å². The number of aromatic nitrogens is 3. The maximum absolute atomic E-state index is 12.8. The van der Waals surface area contributed by atoms with Crippen molar-refractivity contribution < 1.29 is 13.6 Å². The Morgan fingerprint density at radius 1 is 1.43 bits per heavy atom. The lowest BCUT2D eigenvalue weighted by Crippen LogP contribution is -2.39. The Hall–Kier alpha value is -2.06. The maximum Gasteiger partial charge on any atom is 0.319 e. The number of carbonyl (C=O) groups excluding carboxylic acids is 1. The highest BCUT2D eigenvalue weighted by molar-refractivity contribution is 6.32. The number of nitrogens with zero attached hydrogens (tertiary/aromatic N) is 4. The van der Waals surface area contributed by atoms with Gasteiger partial charge in [-0.3, -0.25) is 14.3 Å². The van der Waals surface area contributed by atoms with Crippen LogP contribution >= 0.6 is 11.6 Å². The first-order chi connectivity index (χ1) is 10.9. The average Bonchev–Trinajstić information content (AvgIpc) is 2.97. The van der Waals surface area contributed by atoms with Gasteiger partial charge in [-0.15, -0.1) is 0 Å². The third-order valence-electron chi connectivity index (χ3n) is 3.41. The van der Waals surface area contributed by atoms with Crippen LogP contribution in [0.3, 0.4) is 0 Å². The molecule has 9 heteroatoms. The Morgan fingerprint density at radius 2 is 2.17 bits per heavy atom. The van der Waals surface area contributed by atoms with Crippen LogP contribution in [-0.4, -0.2) is 38.4 Å². The van der Waals surface area contributed by atoms with E-state index in [2.05, 4.69) is 15.3 Å². The van der Waals surface area contributed by atoms with Crippen molar-refractivity contribution in [1.29, 1.82) is 0 Å². The number of hydrogen-bond acceptors (Lipinski definition) is 4. The van der Waals surface area contributed by atoms with Gasteiger partial charge >= 0.3 is 6.55 Å². The molecule has 2 rings (SSSR count). The van der Waals surface area contributed by atoms with Gasteiger partial charge in [0.2, 0.25) is 5.91 Å². The van der Waals surface area contributed by atoms with Crippen molar-refractivity contribution in [3.05, 3.63) is 41.7 Å². The van der Waals surface area contributed by atoms with E-state index in [-0.39, 0.29) is 23.4 Å². The summed E-state index contributed by atoms with van der Waals surface area (Å²) in [5, 5.41) is 2.84. The number of likely N-dealkylation sites (N-methyl/N-ethyl adjacent to an activating group) is 1. The first kappa shape index (κ1) is 17.3. The molecular formula is C14H16ClF2N5O. The monoisotopic (exact) mass is 343 g/mol. The van der Waals surface area contributed by atoms with Crippen LogP contribution in [0, 0.1) is 0 Å². The van der Waals surface area contributed by atoms with Crippen LogP contribution in [0.4, 0.5) is 14.5 Å². The molecule has 124 valence electrons. The van der Waals surface area contributed by atoms with Gasteiger partial charge in [-0.2, -0.15) is 8.78 Å². The predicted molar refractivity (Wildman–Crippen MR) is 82.3 cm³/mol. The number of amides is 1. The highest BCUT2D eigenvalue weighted by Crippen LogP contribution is 2.19. The predicted octanol–water partition coefficient (Wildman–Crippen LogP) is 2.79. The molecule has 2 aromatic heterocycles.